The second kappa shape index (κ2) is 7.11. The van der Waals surface area contributed by atoms with E-state index in [0.717, 1.165) is 16.9 Å². The van der Waals surface area contributed by atoms with Gasteiger partial charge in [-0.1, -0.05) is 6.07 Å². The molecular weight excluding hydrogens is 244 g/mol. The molecule has 1 rings (SSSR count). The molecule has 2 atom stereocenters. The number of nitrogens with one attached hydrogen (secondary N) is 1. The van der Waals surface area contributed by atoms with E-state index in [1.165, 1.54) is 0 Å². The van der Waals surface area contributed by atoms with Gasteiger partial charge in [-0.15, -0.1) is 0 Å². The summed E-state index contributed by atoms with van der Waals surface area (Å²) in [5, 5.41) is 12.6. The lowest BCUT2D eigenvalue weighted by molar-refractivity contribution is -0.119. The molecular formula is C14H22N2O3. The van der Waals surface area contributed by atoms with Gasteiger partial charge in [0.05, 0.1) is 6.04 Å². The van der Waals surface area contributed by atoms with E-state index in [2.05, 4.69) is 11.4 Å². The van der Waals surface area contributed by atoms with E-state index in [1.54, 1.807) is 6.92 Å². The van der Waals surface area contributed by atoms with Gasteiger partial charge in [0, 0.05) is 6.54 Å². The highest BCUT2D eigenvalue weighted by Gasteiger charge is 2.11. The molecule has 0 heterocycles. The van der Waals surface area contributed by atoms with E-state index in [4.69, 9.17) is 10.5 Å². The zero-order chi connectivity index (χ0) is 14.4. The number of aliphatic hydroxyl groups excluding tert-OH is 1. The minimum absolute atomic E-state index is 0.168. The number of hydrogen-bond donors (Lipinski definition) is 3. The van der Waals surface area contributed by atoms with Gasteiger partial charge < -0.3 is 20.9 Å². The Hall–Kier alpha value is -1.59. The minimum atomic E-state index is -0.692. The summed E-state index contributed by atoms with van der Waals surface area (Å²) in [6.07, 6.45) is -0.692. The van der Waals surface area contributed by atoms with Crippen LogP contribution < -0.4 is 15.8 Å². The van der Waals surface area contributed by atoms with Crippen molar-refractivity contribution in [2.75, 3.05) is 13.2 Å². The number of amides is 1. The lowest BCUT2D eigenvalue weighted by Gasteiger charge is -2.16. The maximum absolute atomic E-state index is 10.8. The third kappa shape index (κ3) is 5.72. The van der Waals surface area contributed by atoms with Crippen LogP contribution in [0.25, 0.3) is 0 Å². The lowest BCUT2D eigenvalue weighted by atomic mass is 10.1. The fourth-order valence-corrected chi connectivity index (χ4v) is 1.68. The number of carbonyl (C=O) groups is 1. The summed E-state index contributed by atoms with van der Waals surface area (Å²) in [5.41, 5.74) is 7.34. The molecule has 0 saturated carbocycles. The molecule has 1 aromatic rings. The number of nitrogens with two attached hydrogens (primary N) is 1. The average Bonchev–Trinajstić information content (AvgIpc) is 2.32. The van der Waals surface area contributed by atoms with Crippen LogP contribution in [0.15, 0.2) is 18.2 Å². The van der Waals surface area contributed by atoms with Crippen LogP contribution in [-0.4, -0.2) is 36.3 Å². The number of aliphatic hydroxyl groups is 1. The first-order chi connectivity index (χ1) is 8.88. The maximum Gasteiger partial charge on any atom is 0.234 e. The van der Waals surface area contributed by atoms with Gasteiger partial charge in [0.2, 0.25) is 5.91 Å². The number of primary amides is 1. The van der Waals surface area contributed by atoms with Crippen LogP contribution in [0.2, 0.25) is 0 Å². The molecule has 0 aliphatic carbocycles. The van der Waals surface area contributed by atoms with Crippen molar-refractivity contribution in [2.45, 2.75) is 32.9 Å². The number of ether oxygens (including phenoxy) is 1. The molecule has 0 spiro atoms. The first kappa shape index (κ1) is 15.5. The van der Waals surface area contributed by atoms with E-state index in [-0.39, 0.29) is 13.2 Å². The highest BCUT2D eigenvalue weighted by Crippen LogP contribution is 2.16. The van der Waals surface area contributed by atoms with Crippen LogP contribution in [-0.2, 0) is 4.79 Å². The van der Waals surface area contributed by atoms with Gasteiger partial charge in [-0.25, -0.2) is 0 Å². The Labute approximate surface area is 113 Å². The van der Waals surface area contributed by atoms with Gasteiger partial charge in [0.25, 0.3) is 0 Å². The van der Waals surface area contributed by atoms with E-state index < -0.39 is 18.1 Å². The first-order valence-corrected chi connectivity index (χ1v) is 6.30. The van der Waals surface area contributed by atoms with Crippen molar-refractivity contribution in [1.29, 1.82) is 0 Å². The zero-order valence-electron chi connectivity index (χ0n) is 11.6. The van der Waals surface area contributed by atoms with Crippen molar-refractivity contribution in [2.24, 2.45) is 5.73 Å². The van der Waals surface area contributed by atoms with Gasteiger partial charge >= 0.3 is 0 Å². The Morgan fingerprint density at radius 2 is 1.95 bits per heavy atom. The monoisotopic (exact) mass is 266 g/mol. The number of benzene rings is 1. The van der Waals surface area contributed by atoms with E-state index >= 15 is 0 Å². The molecule has 5 heteroatoms. The van der Waals surface area contributed by atoms with Crippen LogP contribution in [0.4, 0.5) is 0 Å². The Bertz CT molecular complexity index is 414. The summed E-state index contributed by atoms with van der Waals surface area (Å²) in [5.74, 6) is 0.293. The minimum Gasteiger partial charge on any atom is -0.491 e. The van der Waals surface area contributed by atoms with Crippen molar-refractivity contribution in [1.82, 2.24) is 5.32 Å². The summed E-state index contributed by atoms with van der Waals surface area (Å²) < 4.78 is 5.52. The van der Waals surface area contributed by atoms with E-state index in [9.17, 15) is 9.90 Å². The summed E-state index contributed by atoms with van der Waals surface area (Å²) in [7, 11) is 0. The van der Waals surface area contributed by atoms with E-state index in [1.807, 2.05) is 26.0 Å². The fourth-order valence-electron chi connectivity index (χ4n) is 1.68. The lowest BCUT2D eigenvalue weighted by Crippen LogP contribution is -2.43. The van der Waals surface area contributed by atoms with Gasteiger partial charge in [-0.3, -0.25) is 4.79 Å². The van der Waals surface area contributed by atoms with Crippen LogP contribution in [0.3, 0.4) is 0 Å². The van der Waals surface area contributed by atoms with Crippen molar-refractivity contribution in [3.8, 4) is 5.75 Å². The summed E-state index contributed by atoms with van der Waals surface area (Å²) in [4.78, 5) is 10.8. The Kier molecular flexibility index (Phi) is 5.79. The Morgan fingerprint density at radius 3 is 2.47 bits per heavy atom. The van der Waals surface area contributed by atoms with Crippen molar-refractivity contribution >= 4 is 5.91 Å². The van der Waals surface area contributed by atoms with Crippen molar-refractivity contribution < 1.29 is 14.6 Å². The SMILES string of the molecule is Cc1cc(C)cc(OCC(O)CNC(C)C(N)=O)c1. The molecule has 0 aliphatic heterocycles. The smallest absolute Gasteiger partial charge is 0.234 e. The van der Waals surface area contributed by atoms with E-state index in [0.29, 0.717) is 0 Å². The Morgan fingerprint density at radius 1 is 1.37 bits per heavy atom. The summed E-state index contributed by atoms with van der Waals surface area (Å²) in [6.45, 7) is 6.06. The molecule has 2 unspecified atom stereocenters. The maximum atomic E-state index is 10.8. The molecule has 106 valence electrons. The zero-order valence-corrected chi connectivity index (χ0v) is 11.6. The number of rotatable bonds is 7. The molecule has 19 heavy (non-hydrogen) atoms. The van der Waals surface area contributed by atoms with Crippen molar-refractivity contribution in [3.63, 3.8) is 0 Å². The van der Waals surface area contributed by atoms with Crippen LogP contribution in [0.5, 0.6) is 5.75 Å². The van der Waals surface area contributed by atoms with Crippen LogP contribution >= 0.6 is 0 Å². The van der Waals surface area contributed by atoms with Gasteiger partial charge in [0.15, 0.2) is 0 Å². The largest absolute Gasteiger partial charge is 0.491 e. The molecule has 1 amide bonds. The first-order valence-electron chi connectivity index (χ1n) is 6.30. The molecule has 0 radical (unpaired) electrons. The van der Waals surface area contributed by atoms with Crippen LogP contribution in [0.1, 0.15) is 18.1 Å². The highest BCUT2D eigenvalue weighted by molar-refractivity contribution is 5.79. The molecule has 0 bridgehead atoms. The average molecular weight is 266 g/mol. The number of aryl methyl sites for hydroxylation is 2. The molecule has 5 nitrogen and oxygen atoms in total. The number of hydrogen-bond acceptors (Lipinski definition) is 4. The van der Waals surface area contributed by atoms with Gasteiger partial charge in [0.1, 0.15) is 18.5 Å². The predicted octanol–water partition coefficient (Wildman–Crippen LogP) is 0.507. The summed E-state index contributed by atoms with van der Waals surface area (Å²) in [6, 6.07) is 5.42. The van der Waals surface area contributed by atoms with Gasteiger partial charge in [-0.2, -0.15) is 0 Å². The fraction of sp³-hybridized carbons (Fsp3) is 0.500. The predicted molar refractivity (Wildman–Crippen MR) is 74.1 cm³/mol. The normalized spacial score (nSPS) is 13.9. The molecule has 0 aromatic heterocycles. The molecule has 0 saturated heterocycles. The topological polar surface area (TPSA) is 84.6 Å². The second-order valence-corrected chi connectivity index (χ2v) is 4.82. The standard InChI is InChI=1S/C14H22N2O3/c1-9-4-10(2)6-13(5-9)19-8-12(17)7-16-11(3)14(15)18/h4-6,11-12,16-17H,7-8H2,1-3H3,(H2,15,18). The Balaban J connectivity index is 2.37. The quantitative estimate of drug-likeness (QED) is 0.671. The molecule has 0 fully saturated rings. The van der Waals surface area contributed by atoms with Gasteiger partial charge in [-0.05, 0) is 44.0 Å². The molecule has 0 aliphatic rings. The van der Waals surface area contributed by atoms with Crippen molar-refractivity contribution in [3.05, 3.63) is 29.3 Å². The number of carbonyl (C=O) groups excluding carboxylic acids is 1. The molecule has 1 aromatic carbocycles. The molecule has 4 N–H and O–H groups in total. The second-order valence-electron chi connectivity index (χ2n) is 4.82. The third-order valence-corrected chi connectivity index (χ3v) is 2.72. The highest BCUT2D eigenvalue weighted by atomic mass is 16.5. The summed E-state index contributed by atoms with van der Waals surface area (Å²) >= 11 is 0. The van der Waals surface area contributed by atoms with Crippen LogP contribution in [0, 0.1) is 13.8 Å². The third-order valence-electron chi connectivity index (χ3n) is 2.72.